The van der Waals surface area contributed by atoms with Gasteiger partial charge in [0.1, 0.15) is 0 Å². The predicted octanol–water partition coefficient (Wildman–Crippen LogP) is 3.74. The van der Waals surface area contributed by atoms with E-state index in [-0.39, 0.29) is 0 Å². The number of hydrogen-bond donors (Lipinski definition) is 0. The molecule has 1 aromatic carbocycles. The fraction of sp³-hybridized carbons (Fsp3) is 0.400. The van der Waals surface area contributed by atoms with Gasteiger partial charge in [0.15, 0.2) is 0 Å². The molecule has 0 aromatic heterocycles. The lowest BCUT2D eigenvalue weighted by atomic mass is 10.1. The summed E-state index contributed by atoms with van der Waals surface area (Å²) in [5.41, 5.74) is 0.295. The lowest BCUT2D eigenvalue weighted by Crippen LogP contribution is -2.05. The summed E-state index contributed by atoms with van der Waals surface area (Å²) >= 11 is 1.64. The third kappa shape index (κ3) is 1.75. The van der Waals surface area contributed by atoms with Gasteiger partial charge in [0.05, 0.1) is 5.56 Å². The molecule has 1 unspecified atom stereocenters. The summed E-state index contributed by atoms with van der Waals surface area (Å²) in [7, 11) is 0. The highest BCUT2D eigenvalue weighted by Gasteiger charge is 2.32. The lowest BCUT2D eigenvalue weighted by Gasteiger charge is -2.07. The molecule has 4 heteroatoms. The Morgan fingerprint density at radius 1 is 1.36 bits per heavy atom. The van der Waals surface area contributed by atoms with Gasteiger partial charge in [-0.2, -0.15) is 13.2 Å². The first kappa shape index (κ1) is 9.90. The van der Waals surface area contributed by atoms with E-state index in [1.165, 1.54) is 6.07 Å². The molecular formula is C10H9F3S. The van der Waals surface area contributed by atoms with Crippen LogP contribution in [0.3, 0.4) is 0 Å². The van der Waals surface area contributed by atoms with Crippen LogP contribution in [0.2, 0.25) is 0 Å². The molecule has 0 nitrogen and oxygen atoms in total. The van der Waals surface area contributed by atoms with Crippen LogP contribution in [-0.4, -0.2) is 5.25 Å². The Labute approximate surface area is 84.5 Å². The van der Waals surface area contributed by atoms with E-state index in [1.807, 2.05) is 6.92 Å². The normalized spacial score (nSPS) is 21.0. The summed E-state index contributed by atoms with van der Waals surface area (Å²) in [5.74, 6) is 0. The van der Waals surface area contributed by atoms with Crippen molar-refractivity contribution in [3.63, 3.8) is 0 Å². The second-order valence-electron chi connectivity index (χ2n) is 3.45. The molecule has 0 saturated carbocycles. The Hall–Kier alpha value is -0.640. The van der Waals surface area contributed by atoms with Gasteiger partial charge in [-0.3, -0.25) is 0 Å². The van der Waals surface area contributed by atoms with E-state index in [0.29, 0.717) is 5.25 Å². The molecule has 0 spiro atoms. The number of fused-ring (bicyclic) bond motifs is 1. The van der Waals surface area contributed by atoms with Gasteiger partial charge >= 0.3 is 6.18 Å². The maximum atomic E-state index is 12.3. The monoisotopic (exact) mass is 218 g/mol. The maximum Gasteiger partial charge on any atom is 0.416 e. The summed E-state index contributed by atoms with van der Waals surface area (Å²) in [6.45, 7) is 2.03. The van der Waals surface area contributed by atoms with Crippen LogP contribution in [0.4, 0.5) is 13.2 Å². The minimum absolute atomic E-state index is 0.397. The first-order valence-corrected chi connectivity index (χ1v) is 5.21. The van der Waals surface area contributed by atoms with Gasteiger partial charge in [-0.15, -0.1) is 11.8 Å². The van der Waals surface area contributed by atoms with Crippen molar-refractivity contribution < 1.29 is 13.2 Å². The topological polar surface area (TPSA) is 0 Å². The van der Waals surface area contributed by atoms with E-state index in [1.54, 1.807) is 17.8 Å². The number of thioether (sulfide) groups is 1. The molecule has 0 saturated heterocycles. The molecule has 0 aliphatic carbocycles. The minimum Gasteiger partial charge on any atom is -0.166 e. The van der Waals surface area contributed by atoms with Gasteiger partial charge in [0.25, 0.3) is 0 Å². The molecule has 1 atom stereocenters. The summed E-state index contributed by atoms with van der Waals surface area (Å²) in [5, 5.41) is 0.397. The number of benzene rings is 1. The van der Waals surface area contributed by atoms with Crippen LogP contribution in [0, 0.1) is 0 Å². The molecule has 0 amide bonds. The van der Waals surface area contributed by atoms with Crippen molar-refractivity contribution in [3.8, 4) is 0 Å². The van der Waals surface area contributed by atoms with E-state index < -0.39 is 11.7 Å². The summed E-state index contributed by atoms with van der Waals surface area (Å²) in [6, 6.07) is 4.00. The van der Waals surface area contributed by atoms with Gasteiger partial charge in [-0.05, 0) is 30.2 Å². The second kappa shape index (κ2) is 3.19. The molecule has 0 radical (unpaired) electrons. The number of halogens is 3. The zero-order chi connectivity index (χ0) is 10.3. The highest BCUT2D eigenvalue weighted by atomic mass is 32.2. The Kier molecular flexibility index (Phi) is 2.26. The SMILES string of the molecule is CC1Cc2cc(C(F)(F)F)ccc2S1. The molecular weight excluding hydrogens is 209 g/mol. The molecule has 1 aliphatic rings. The van der Waals surface area contributed by atoms with Gasteiger partial charge in [-0.25, -0.2) is 0 Å². The lowest BCUT2D eigenvalue weighted by molar-refractivity contribution is -0.137. The molecule has 0 bridgehead atoms. The first-order chi connectivity index (χ1) is 6.47. The van der Waals surface area contributed by atoms with Crippen LogP contribution in [-0.2, 0) is 12.6 Å². The van der Waals surface area contributed by atoms with Crippen LogP contribution in [0.1, 0.15) is 18.1 Å². The van der Waals surface area contributed by atoms with Crippen molar-refractivity contribution in [2.24, 2.45) is 0 Å². The molecule has 0 fully saturated rings. The molecule has 76 valence electrons. The van der Waals surface area contributed by atoms with Gasteiger partial charge in [0.2, 0.25) is 0 Å². The largest absolute Gasteiger partial charge is 0.416 e. The molecule has 1 aromatic rings. The highest BCUT2D eigenvalue weighted by molar-refractivity contribution is 8.00. The third-order valence-corrected chi connectivity index (χ3v) is 3.44. The zero-order valence-corrected chi connectivity index (χ0v) is 8.38. The Morgan fingerprint density at radius 2 is 2.07 bits per heavy atom. The van der Waals surface area contributed by atoms with Crippen LogP contribution in [0.25, 0.3) is 0 Å². The molecule has 2 rings (SSSR count). The van der Waals surface area contributed by atoms with E-state index in [2.05, 4.69) is 0 Å². The van der Waals surface area contributed by atoms with E-state index in [9.17, 15) is 13.2 Å². The van der Waals surface area contributed by atoms with Gasteiger partial charge in [-0.1, -0.05) is 6.92 Å². The van der Waals surface area contributed by atoms with Crippen molar-refractivity contribution in [2.75, 3.05) is 0 Å². The van der Waals surface area contributed by atoms with Crippen molar-refractivity contribution in [1.82, 2.24) is 0 Å². The Balaban J connectivity index is 2.38. The van der Waals surface area contributed by atoms with Crippen molar-refractivity contribution in [3.05, 3.63) is 29.3 Å². The van der Waals surface area contributed by atoms with E-state index in [0.717, 1.165) is 22.9 Å². The van der Waals surface area contributed by atoms with Gasteiger partial charge in [0, 0.05) is 10.1 Å². The van der Waals surface area contributed by atoms with Crippen LogP contribution >= 0.6 is 11.8 Å². The fourth-order valence-electron chi connectivity index (χ4n) is 1.60. The second-order valence-corrected chi connectivity index (χ2v) is 4.93. The number of hydrogen-bond acceptors (Lipinski definition) is 1. The summed E-state index contributed by atoms with van der Waals surface area (Å²) in [4.78, 5) is 0.991. The van der Waals surface area contributed by atoms with Crippen molar-refractivity contribution in [1.29, 1.82) is 0 Å². The Bertz CT molecular complexity index is 357. The predicted molar refractivity (Wildman–Crippen MR) is 50.5 cm³/mol. The molecule has 14 heavy (non-hydrogen) atoms. The maximum absolute atomic E-state index is 12.3. The minimum atomic E-state index is -4.22. The van der Waals surface area contributed by atoms with Crippen LogP contribution < -0.4 is 0 Å². The summed E-state index contributed by atoms with van der Waals surface area (Å²) in [6.07, 6.45) is -3.48. The Morgan fingerprint density at radius 3 is 2.71 bits per heavy atom. The smallest absolute Gasteiger partial charge is 0.166 e. The number of rotatable bonds is 0. The first-order valence-electron chi connectivity index (χ1n) is 4.33. The fourth-order valence-corrected chi connectivity index (χ4v) is 2.73. The molecule has 0 N–H and O–H groups in total. The summed E-state index contributed by atoms with van der Waals surface area (Å²) < 4.78 is 37.0. The van der Waals surface area contributed by atoms with E-state index >= 15 is 0 Å². The van der Waals surface area contributed by atoms with Crippen molar-refractivity contribution in [2.45, 2.75) is 29.7 Å². The standard InChI is InChI=1S/C10H9F3S/c1-6-4-7-5-8(10(11,12)13)2-3-9(7)14-6/h2-3,5-6H,4H2,1H3. The van der Waals surface area contributed by atoms with Crippen LogP contribution in [0.15, 0.2) is 23.1 Å². The average Bonchev–Trinajstić information content (AvgIpc) is 2.41. The molecule has 1 aliphatic heterocycles. The molecule has 1 heterocycles. The van der Waals surface area contributed by atoms with Gasteiger partial charge < -0.3 is 0 Å². The zero-order valence-electron chi connectivity index (χ0n) is 7.56. The highest BCUT2D eigenvalue weighted by Crippen LogP contribution is 2.39. The third-order valence-electron chi connectivity index (χ3n) is 2.22. The quantitative estimate of drug-likeness (QED) is 0.639. The van der Waals surface area contributed by atoms with E-state index in [4.69, 9.17) is 0 Å². The van der Waals surface area contributed by atoms with Crippen molar-refractivity contribution >= 4 is 11.8 Å². The number of alkyl halides is 3. The van der Waals surface area contributed by atoms with Crippen LogP contribution in [0.5, 0.6) is 0 Å². The average molecular weight is 218 g/mol.